The van der Waals surface area contributed by atoms with Gasteiger partial charge < -0.3 is 29.2 Å². The minimum absolute atomic E-state index is 0.0151. The van der Waals surface area contributed by atoms with E-state index in [9.17, 15) is 19.2 Å². The molecule has 0 bridgehead atoms. The van der Waals surface area contributed by atoms with Crippen LogP contribution < -0.4 is 0 Å². The first-order valence-corrected chi connectivity index (χ1v) is 23.8. The van der Waals surface area contributed by atoms with Crippen molar-refractivity contribution in [2.24, 2.45) is 0 Å². The number of methoxy groups -OCH3 is 2. The Hall–Kier alpha value is -5.70. The SMILES string of the molecule is COC(=O)N1CCC[C@H]1C(=O)N1C[Si](C)(C)C[C@H]1c1ncc(-c2ccc(-c3ccc4c(ccc5nc([C@@H]6CCCN6C(=O)[C@@H]6CCCN6C(=O)OC)[nH]c54)c3)cc2)[nH]1. The minimum Gasteiger partial charge on any atom is -0.453 e. The Morgan fingerprint density at radius 3 is 2.00 bits per heavy atom. The number of H-pyrrole nitrogens is 2. The molecular formula is C43H50N8O6Si. The molecule has 0 unspecified atom stereocenters. The molecule has 4 aliphatic rings. The smallest absolute Gasteiger partial charge is 0.410 e. The first kappa shape index (κ1) is 37.9. The molecule has 15 heteroatoms. The van der Waals surface area contributed by atoms with Crippen molar-refractivity contribution in [2.45, 2.75) is 81.8 Å². The van der Waals surface area contributed by atoms with Gasteiger partial charge in [0.1, 0.15) is 23.7 Å². The van der Waals surface area contributed by atoms with Crippen molar-refractivity contribution in [3.63, 3.8) is 0 Å². The summed E-state index contributed by atoms with van der Waals surface area (Å²) in [6.45, 7) is 6.30. The maximum absolute atomic E-state index is 13.9. The zero-order chi connectivity index (χ0) is 40.3. The van der Waals surface area contributed by atoms with Crippen molar-refractivity contribution in [3.05, 3.63) is 72.4 Å². The maximum Gasteiger partial charge on any atom is 0.410 e. The topological polar surface area (TPSA) is 157 Å². The van der Waals surface area contributed by atoms with Gasteiger partial charge in [0.25, 0.3) is 0 Å². The zero-order valence-electron chi connectivity index (χ0n) is 33.5. The summed E-state index contributed by atoms with van der Waals surface area (Å²) in [4.78, 5) is 76.4. The van der Waals surface area contributed by atoms with Gasteiger partial charge in [-0.15, -0.1) is 0 Å². The molecule has 0 radical (unpaired) electrons. The molecule has 302 valence electrons. The Morgan fingerprint density at radius 1 is 0.690 bits per heavy atom. The number of benzene rings is 3. The Morgan fingerprint density at radius 2 is 1.31 bits per heavy atom. The number of fused-ring (bicyclic) bond motifs is 3. The zero-order valence-corrected chi connectivity index (χ0v) is 34.5. The number of nitrogens with one attached hydrogen (secondary N) is 2. The van der Waals surface area contributed by atoms with Gasteiger partial charge >= 0.3 is 12.2 Å². The van der Waals surface area contributed by atoms with Crippen LogP contribution in [0.1, 0.15) is 62.3 Å². The summed E-state index contributed by atoms with van der Waals surface area (Å²) in [6, 6.07) is 18.6. The van der Waals surface area contributed by atoms with E-state index in [0.29, 0.717) is 32.5 Å². The number of amides is 4. The molecule has 58 heavy (non-hydrogen) atoms. The van der Waals surface area contributed by atoms with E-state index in [1.807, 2.05) is 22.1 Å². The Kier molecular flexibility index (Phi) is 9.73. The number of carbonyl (C=O) groups excluding carboxylic acids is 4. The molecule has 0 aliphatic carbocycles. The molecule has 4 saturated heterocycles. The van der Waals surface area contributed by atoms with Crippen LogP contribution in [-0.2, 0) is 19.1 Å². The fourth-order valence-corrected chi connectivity index (χ4v) is 12.7. The van der Waals surface area contributed by atoms with Gasteiger partial charge in [-0.2, -0.15) is 0 Å². The van der Waals surface area contributed by atoms with E-state index in [1.54, 1.807) is 9.80 Å². The molecule has 5 aromatic rings. The van der Waals surface area contributed by atoms with Crippen molar-refractivity contribution in [3.8, 4) is 22.4 Å². The lowest BCUT2D eigenvalue weighted by Gasteiger charge is -2.30. The van der Waals surface area contributed by atoms with Crippen LogP contribution in [0.3, 0.4) is 0 Å². The van der Waals surface area contributed by atoms with Crippen LogP contribution in [0.25, 0.3) is 44.2 Å². The highest BCUT2D eigenvalue weighted by molar-refractivity contribution is 6.78. The van der Waals surface area contributed by atoms with E-state index in [4.69, 9.17) is 19.4 Å². The lowest BCUT2D eigenvalue weighted by Crippen LogP contribution is -2.48. The van der Waals surface area contributed by atoms with Gasteiger partial charge in [0.05, 0.1) is 57.3 Å². The van der Waals surface area contributed by atoms with Gasteiger partial charge in [-0.3, -0.25) is 19.4 Å². The van der Waals surface area contributed by atoms with Gasteiger partial charge in [-0.1, -0.05) is 55.6 Å². The largest absolute Gasteiger partial charge is 0.453 e. The van der Waals surface area contributed by atoms with E-state index in [1.165, 1.54) is 14.2 Å². The molecule has 0 spiro atoms. The predicted octanol–water partition coefficient (Wildman–Crippen LogP) is 7.03. The summed E-state index contributed by atoms with van der Waals surface area (Å²) in [7, 11) is 1.00. The van der Waals surface area contributed by atoms with Crippen LogP contribution in [0.5, 0.6) is 0 Å². The highest BCUT2D eigenvalue weighted by atomic mass is 28.3. The quantitative estimate of drug-likeness (QED) is 0.173. The molecule has 3 aromatic carbocycles. The molecule has 4 fully saturated rings. The molecule has 4 atom stereocenters. The number of nitrogens with zero attached hydrogens (tertiary/aromatic N) is 6. The molecule has 2 N–H and O–H groups in total. The van der Waals surface area contributed by atoms with Crippen LogP contribution in [0, 0.1) is 0 Å². The summed E-state index contributed by atoms with van der Waals surface area (Å²) < 4.78 is 9.94. The summed E-state index contributed by atoms with van der Waals surface area (Å²) in [5.41, 5.74) is 5.85. The average Bonchev–Trinajstić information content (AvgIpc) is 4.10. The lowest BCUT2D eigenvalue weighted by molar-refractivity contribution is -0.137. The molecule has 6 heterocycles. The van der Waals surface area contributed by atoms with Gasteiger partial charge in [-0.25, -0.2) is 19.6 Å². The third-order valence-electron chi connectivity index (χ3n) is 12.7. The van der Waals surface area contributed by atoms with Gasteiger partial charge in [0.2, 0.25) is 11.8 Å². The lowest BCUT2D eigenvalue weighted by atomic mass is 9.99. The van der Waals surface area contributed by atoms with Crippen LogP contribution in [0.2, 0.25) is 19.1 Å². The fraction of sp³-hybridized carbons (Fsp3) is 0.442. The van der Waals surface area contributed by atoms with Crippen LogP contribution in [0.15, 0.2) is 60.8 Å². The number of likely N-dealkylation sites (tertiary alicyclic amines) is 3. The molecule has 4 aliphatic heterocycles. The van der Waals surface area contributed by atoms with Crippen LogP contribution in [0.4, 0.5) is 9.59 Å². The number of carbonyl (C=O) groups is 4. The summed E-state index contributed by atoms with van der Waals surface area (Å²) in [6.07, 6.45) is 6.21. The van der Waals surface area contributed by atoms with E-state index >= 15 is 0 Å². The first-order chi connectivity index (χ1) is 28.0. The second kappa shape index (κ2) is 14.9. The molecule has 14 nitrogen and oxygen atoms in total. The molecule has 0 saturated carbocycles. The number of rotatable bonds is 6. The summed E-state index contributed by atoms with van der Waals surface area (Å²) >= 11 is 0. The van der Waals surface area contributed by atoms with E-state index in [2.05, 4.69) is 71.6 Å². The number of ether oxygens (including phenoxy) is 2. The third-order valence-corrected chi connectivity index (χ3v) is 15.4. The predicted molar refractivity (Wildman–Crippen MR) is 221 cm³/mol. The van der Waals surface area contributed by atoms with Crippen molar-refractivity contribution in [2.75, 3.05) is 40.0 Å². The fourth-order valence-electron chi connectivity index (χ4n) is 9.82. The highest BCUT2D eigenvalue weighted by Gasteiger charge is 2.47. The molecule has 2 aromatic heterocycles. The van der Waals surface area contributed by atoms with Crippen molar-refractivity contribution in [1.29, 1.82) is 0 Å². The average molecular weight is 803 g/mol. The molecular weight excluding hydrogens is 753 g/mol. The number of imidazole rings is 2. The van der Waals surface area contributed by atoms with Crippen molar-refractivity contribution < 1.29 is 28.7 Å². The van der Waals surface area contributed by atoms with Gasteiger partial charge in [0, 0.05) is 31.2 Å². The standard InChI is InChI=1S/C43H50N8O6Si/c1-56-42(54)49-20-6-9-34(49)40(52)48-19-5-8-33(48)39-45-31-18-16-29-22-28(15-17-30(29)37(31)47-39)26-11-13-27(14-12-26)32-23-44-38(46-32)36-24-58(3,4)25-51(36)41(53)35-10-7-21-50(35)43(55)57-2/h11-18,22-23,33-36H,5-10,19-21,24-25H2,1-4H3,(H,44,46)(H,45,47)/t33-,34-,35-,36-/m0/s1. The molecule has 9 rings (SSSR count). The van der Waals surface area contributed by atoms with E-state index < -0.39 is 32.3 Å². The maximum atomic E-state index is 13.9. The van der Waals surface area contributed by atoms with E-state index in [-0.39, 0.29) is 23.9 Å². The van der Waals surface area contributed by atoms with Crippen LogP contribution in [-0.4, -0.2) is 124 Å². The highest BCUT2D eigenvalue weighted by Crippen LogP contribution is 2.40. The Labute approximate surface area is 337 Å². The number of hydrogen-bond donors (Lipinski definition) is 2. The second-order valence-electron chi connectivity index (χ2n) is 17.0. The monoisotopic (exact) mass is 802 g/mol. The van der Waals surface area contributed by atoms with Crippen molar-refractivity contribution in [1.82, 2.24) is 39.5 Å². The normalized spacial score (nSPS) is 23.0. The number of hydrogen-bond acceptors (Lipinski definition) is 8. The summed E-state index contributed by atoms with van der Waals surface area (Å²) in [5, 5.41) is 2.14. The Balaban J connectivity index is 0.917. The minimum atomic E-state index is -1.72. The van der Waals surface area contributed by atoms with Crippen molar-refractivity contribution >= 4 is 53.9 Å². The van der Waals surface area contributed by atoms with Gasteiger partial charge in [-0.05, 0) is 78.8 Å². The summed E-state index contributed by atoms with van der Waals surface area (Å²) in [5.74, 6) is 1.50. The van der Waals surface area contributed by atoms with Gasteiger partial charge in [0.15, 0.2) is 0 Å². The number of aromatic amines is 2. The Bertz CT molecular complexity index is 2410. The van der Waals surface area contributed by atoms with Crippen LogP contribution >= 0.6 is 0 Å². The molecule has 4 amide bonds. The van der Waals surface area contributed by atoms with E-state index in [0.717, 1.165) is 93.7 Å². The third kappa shape index (κ3) is 6.68. The number of aromatic nitrogens is 4. The first-order valence-electron chi connectivity index (χ1n) is 20.4. The second-order valence-corrected chi connectivity index (χ2v) is 22.0.